The zero-order valence-electron chi connectivity index (χ0n) is 12.0. The molecule has 0 bridgehead atoms. The topological polar surface area (TPSA) is 54.2 Å². The van der Waals surface area contributed by atoms with Crippen molar-refractivity contribution in [3.63, 3.8) is 0 Å². The molecule has 0 saturated carbocycles. The predicted molar refractivity (Wildman–Crippen MR) is 88.7 cm³/mol. The van der Waals surface area contributed by atoms with Crippen LogP contribution in [0, 0.1) is 0 Å². The fraction of sp³-hybridized carbons (Fsp3) is 0.118. The van der Waals surface area contributed by atoms with Gasteiger partial charge in [-0.25, -0.2) is 10.8 Å². The van der Waals surface area contributed by atoms with E-state index in [1.165, 1.54) is 10.8 Å². The smallest absolute Gasteiger partial charge is 0.142 e. The summed E-state index contributed by atoms with van der Waals surface area (Å²) in [6.07, 6.45) is 0. The quantitative estimate of drug-likeness (QED) is 0.564. The molecule has 1 heterocycles. The molecule has 106 valence electrons. The average Bonchev–Trinajstić information content (AvgIpc) is 2.56. The molecule has 2 aromatic carbocycles. The summed E-state index contributed by atoms with van der Waals surface area (Å²) in [5, 5.41) is 2.44. The zero-order valence-corrected chi connectivity index (χ0v) is 12.0. The van der Waals surface area contributed by atoms with E-state index in [-0.39, 0.29) is 0 Å². The first kappa shape index (κ1) is 13.4. The Bertz CT molecular complexity index is 749. The van der Waals surface area contributed by atoms with Gasteiger partial charge in [0.15, 0.2) is 0 Å². The fourth-order valence-electron chi connectivity index (χ4n) is 2.55. The molecule has 0 aliphatic rings. The second-order valence-corrected chi connectivity index (χ2v) is 4.77. The highest BCUT2D eigenvalue weighted by Gasteiger charge is 2.11. The van der Waals surface area contributed by atoms with E-state index >= 15 is 0 Å². The number of nitrogens with zero attached hydrogens (tertiary/aromatic N) is 2. The van der Waals surface area contributed by atoms with Crippen LogP contribution in [-0.4, -0.2) is 11.5 Å². The summed E-state index contributed by atoms with van der Waals surface area (Å²) in [5.74, 6) is 7.00. The van der Waals surface area contributed by atoms with E-state index in [2.05, 4.69) is 64.7 Å². The van der Waals surface area contributed by atoms with E-state index in [1.54, 1.807) is 0 Å². The van der Waals surface area contributed by atoms with Crippen molar-refractivity contribution in [2.75, 3.05) is 16.9 Å². The first-order valence-electron chi connectivity index (χ1n) is 7.02. The molecule has 3 N–H and O–H groups in total. The van der Waals surface area contributed by atoms with Gasteiger partial charge in [-0.2, -0.15) is 0 Å². The van der Waals surface area contributed by atoms with Gasteiger partial charge in [0.05, 0.1) is 5.69 Å². The minimum atomic E-state index is 0.659. The van der Waals surface area contributed by atoms with Crippen molar-refractivity contribution in [3.8, 4) is 0 Å². The number of anilines is 3. The summed E-state index contributed by atoms with van der Waals surface area (Å²) < 4.78 is 0. The van der Waals surface area contributed by atoms with Crippen LogP contribution in [0.25, 0.3) is 10.8 Å². The number of nitrogens with one attached hydrogen (secondary N) is 1. The van der Waals surface area contributed by atoms with Crippen LogP contribution < -0.4 is 16.2 Å². The highest BCUT2D eigenvalue weighted by atomic mass is 15.3. The molecule has 0 unspecified atom stereocenters. The van der Waals surface area contributed by atoms with E-state index in [4.69, 9.17) is 5.84 Å². The number of benzene rings is 2. The lowest BCUT2D eigenvalue weighted by atomic mass is 10.1. The Balaban J connectivity index is 2.13. The van der Waals surface area contributed by atoms with Crippen molar-refractivity contribution in [1.29, 1.82) is 0 Å². The molecule has 4 nitrogen and oxygen atoms in total. The summed E-state index contributed by atoms with van der Waals surface area (Å²) in [6.45, 7) is 2.95. The maximum absolute atomic E-state index is 5.46. The molecule has 21 heavy (non-hydrogen) atoms. The minimum absolute atomic E-state index is 0.659. The van der Waals surface area contributed by atoms with Crippen LogP contribution in [0.1, 0.15) is 6.92 Å². The van der Waals surface area contributed by atoms with Crippen LogP contribution in [0.15, 0.2) is 60.7 Å². The average molecular weight is 278 g/mol. The second kappa shape index (κ2) is 5.81. The highest BCUT2D eigenvalue weighted by molar-refractivity contribution is 5.95. The van der Waals surface area contributed by atoms with Gasteiger partial charge in [-0.3, -0.25) is 0 Å². The Labute approximate surface area is 124 Å². The third-order valence-corrected chi connectivity index (χ3v) is 3.53. The Morgan fingerprint density at radius 3 is 2.57 bits per heavy atom. The number of nitrogens with two attached hydrogens (primary N) is 1. The number of fused-ring (bicyclic) bond motifs is 1. The lowest BCUT2D eigenvalue weighted by molar-refractivity contribution is 0.993. The Kier molecular flexibility index (Phi) is 3.71. The second-order valence-electron chi connectivity index (χ2n) is 4.77. The maximum atomic E-state index is 5.46. The summed E-state index contributed by atoms with van der Waals surface area (Å²) in [4.78, 5) is 6.72. The first-order chi connectivity index (χ1) is 10.3. The van der Waals surface area contributed by atoms with E-state index < -0.39 is 0 Å². The van der Waals surface area contributed by atoms with Crippen LogP contribution in [0.3, 0.4) is 0 Å². The van der Waals surface area contributed by atoms with Crippen LogP contribution in [0.4, 0.5) is 17.3 Å². The Morgan fingerprint density at radius 1 is 1.00 bits per heavy atom. The molecule has 0 fully saturated rings. The van der Waals surface area contributed by atoms with Crippen molar-refractivity contribution in [1.82, 2.24) is 4.98 Å². The Morgan fingerprint density at radius 2 is 1.76 bits per heavy atom. The number of rotatable bonds is 4. The summed E-state index contributed by atoms with van der Waals surface area (Å²) in [7, 11) is 0. The van der Waals surface area contributed by atoms with Gasteiger partial charge in [0.1, 0.15) is 11.6 Å². The first-order valence-corrected chi connectivity index (χ1v) is 7.02. The van der Waals surface area contributed by atoms with Crippen LogP contribution in [0.5, 0.6) is 0 Å². The zero-order chi connectivity index (χ0) is 14.7. The number of pyridine rings is 1. The molecule has 1 aromatic heterocycles. The monoisotopic (exact) mass is 278 g/mol. The van der Waals surface area contributed by atoms with Gasteiger partial charge in [-0.05, 0) is 30.5 Å². The van der Waals surface area contributed by atoms with Crippen LogP contribution in [-0.2, 0) is 0 Å². The van der Waals surface area contributed by atoms with E-state index in [0.29, 0.717) is 5.82 Å². The number of nitrogen functional groups attached to an aromatic ring is 1. The molecule has 0 atom stereocenters. The normalized spacial score (nSPS) is 10.6. The van der Waals surface area contributed by atoms with Crippen LogP contribution >= 0.6 is 0 Å². The van der Waals surface area contributed by atoms with Gasteiger partial charge in [0.25, 0.3) is 0 Å². The third kappa shape index (κ3) is 2.53. The van der Waals surface area contributed by atoms with Gasteiger partial charge in [-0.15, -0.1) is 0 Å². The van der Waals surface area contributed by atoms with E-state index in [0.717, 1.165) is 18.1 Å². The van der Waals surface area contributed by atoms with E-state index in [1.807, 2.05) is 18.2 Å². The molecule has 3 rings (SSSR count). The largest absolute Gasteiger partial charge is 0.326 e. The maximum Gasteiger partial charge on any atom is 0.142 e. The van der Waals surface area contributed by atoms with Crippen LogP contribution in [0.2, 0.25) is 0 Å². The fourth-order valence-corrected chi connectivity index (χ4v) is 2.55. The number of aromatic nitrogens is 1. The van der Waals surface area contributed by atoms with Crippen molar-refractivity contribution < 1.29 is 0 Å². The number of hydrogen-bond acceptors (Lipinski definition) is 4. The predicted octanol–water partition coefficient (Wildman–Crippen LogP) is 3.68. The molecule has 0 spiro atoms. The number of hydrazine groups is 1. The van der Waals surface area contributed by atoms with Gasteiger partial charge in [0, 0.05) is 11.9 Å². The molecule has 4 heteroatoms. The lowest BCUT2D eigenvalue weighted by Gasteiger charge is -2.24. The molecule has 0 saturated heterocycles. The molecule has 0 aliphatic heterocycles. The standard InChI is InChI=1S/C17H18N4/c1-2-21(17-12-6-11-16(19-17)20-18)15-10-5-8-13-7-3-4-9-14(13)15/h3-12H,2,18H2,1H3,(H,19,20). The van der Waals surface area contributed by atoms with Gasteiger partial charge in [0.2, 0.25) is 0 Å². The van der Waals surface area contributed by atoms with Gasteiger partial charge >= 0.3 is 0 Å². The lowest BCUT2D eigenvalue weighted by Crippen LogP contribution is -2.19. The summed E-state index contributed by atoms with van der Waals surface area (Å²) in [6, 6.07) is 20.5. The van der Waals surface area contributed by atoms with Crippen molar-refractivity contribution in [3.05, 3.63) is 60.7 Å². The molecular formula is C17H18N4. The van der Waals surface area contributed by atoms with Crippen molar-refractivity contribution in [2.45, 2.75) is 6.92 Å². The third-order valence-electron chi connectivity index (χ3n) is 3.53. The molecule has 0 aliphatic carbocycles. The Hall–Kier alpha value is -2.59. The van der Waals surface area contributed by atoms with Crippen molar-refractivity contribution in [2.24, 2.45) is 5.84 Å². The highest BCUT2D eigenvalue weighted by Crippen LogP contribution is 2.31. The molecule has 0 radical (unpaired) electrons. The van der Waals surface area contributed by atoms with Crippen molar-refractivity contribution >= 4 is 28.1 Å². The summed E-state index contributed by atoms with van der Waals surface area (Å²) >= 11 is 0. The molecule has 0 amide bonds. The minimum Gasteiger partial charge on any atom is -0.326 e. The SMILES string of the molecule is CCN(c1cccc(NN)n1)c1cccc2ccccc12. The van der Waals surface area contributed by atoms with Gasteiger partial charge in [-0.1, -0.05) is 42.5 Å². The molecule has 3 aromatic rings. The summed E-state index contributed by atoms with van der Waals surface area (Å²) in [5.41, 5.74) is 3.75. The number of hydrogen-bond donors (Lipinski definition) is 2. The van der Waals surface area contributed by atoms with E-state index in [9.17, 15) is 0 Å². The molecular weight excluding hydrogens is 260 g/mol. The van der Waals surface area contributed by atoms with Gasteiger partial charge < -0.3 is 10.3 Å².